The van der Waals surface area contributed by atoms with E-state index in [0.29, 0.717) is 49.0 Å². The summed E-state index contributed by atoms with van der Waals surface area (Å²) >= 11 is 1.38. The Balaban J connectivity index is 1.05. The maximum Gasteiger partial charge on any atom is 0.247 e. The Hall–Kier alpha value is -4.56. The number of nitrogens with one attached hydrogen (secondary N) is 1. The molecule has 0 bridgehead atoms. The number of nitrogens with zero attached hydrogens (tertiary/aromatic N) is 5. The van der Waals surface area contributed by atoms with E-state index in [0.717, 1.165) is 35.7 Å². The molecule has 2 amide bonds. The molecule has 0 spiro atoms. The molecule has 0 saturated carbocycles. The van der Waals surface area contributed by atoms with Crippen molar-refractivity contribution in [1.29, 1.82) is 0 Å². The standard InChI is InChI=1S/C37H38N6O5S2/c44-35(33-10-6-20-43(33)50(46,47)26-27-7-2-1-3-8-27)39-29-13-11-28(12-14-29)34-36(45)42(25-31-9-4-5-19-38-31)37(49-34)40-30-15-17-32(18-16-30)41-21-23-48-24-22-41/h1-5,7-9,11-19,33-34H,6,10,20-26H2,(H,39,44)/t33-,34?/m1/s1. The van der Waals surface area contributed by atoms with E-state index < -0.39 is 21.3 Å². The summed E-state index contributed by atoms with van der Waals surface area (Å²) < 4.78 is 33.3. The topological polar surface area (TPSA) is 125 Å². The van der Waals surface area contributed by atoms with Crippen molar-refractivity contribution >= 4 is 55.8 Å². The van der Waals surface area contributed by atoms with Crippen LogP contribution in [0.3, 0.4) is 0 Å². The number of thioether (sulfide) groups is 1. The molecule has 4 heterocycles. The number of amides is 2. The van der Waals surface area contributed by atoms with Gasteiger partial charge in [0.2, 0.25) is 21.8 Å². The Kier molecular flexibility index (Phi) is 10.3. The molecule has 258 valence electrons. The number of aromatic nitrogens is 1. The summed E-state index contributed by atoms with van der Waals surface area (Å²) in [4.78, 5) is 40.6. The van der Waals surface area contributed by atoms with Crippen LogP contribution in [0.2, 0.25) is 0 Å². The maximum absolute atomic E-state index is 13.9. The smallest absolute Gasteiger partial charge is 0.247 e. The molecular weight excluding hydrogens is 673 g/mol. The number of carbonyl (C=O) groups excluding carboxylic acids is 2. The summed E-state index contributed by atoms with van der Waals surface area (Å²) in [5, 5.41) is 2.95. The maximum atomic E-state index is 13.9. The first-order valence-electron chi connectivity index (χ1n) is 16.7. The highest BCUT2D eigenvalue weighted by Crippen LogP contribution is 2.41. The van der Waals surface area contributed by atoms with Crippen molar-refractivity contribution in [1.82, 2.24) is 14.2 Å². The molecule has 7 rings (SSSR count). The molecule has 3 aliphatic heterocycles. The van der Waals surface area contributed by atoms with Crippen molar-refractivity contribution in [2.45, 2.75) is 36.4 Å². The number of ether oxygens (including phenoxy) is 1. The largest absolute Gasteiger partial charge is 0.378 e. The van der Waals surface area contributed by atoms with Gasteiger partial charge in [0, 0.05) is 37.2 Å². The molecule has 0 aliphatic carbocycles. The summed E-state index contributed by atoms with van der Waals surface area (Å²) in [6.07, 6.45) is 2.77. The lowest BCUT2D eigenvalue weighted by molar-refractivity contribution is -0.126. The molecule has 3 saturated heterocycles. The number of hydrogen-bond donors (Lipinski definition) is 1. The van der Waals surface area contributed by atoms with Crippen LogP contribution in [0, 0.1) is 0 Å². The highest BCUT2D eigenvalue weighted by atomic mass is 32.2. The van der Waals surface area contributed by atoms with E-state index in [-0.39, 0.29) is 24.1 Å². The molecule has 1 unspecified atom stereocenters. The zero-order chi connectivity index (χ0) is 34.5. The second-order valence-corrected chi connectivity index (χ2v) is 15.4. The van der Waals surface area contributed by atoms with Crippen molar-refractivity contribution in [3.63, 3.8) is 0 Å². The summed E-state index contributed by atoms with van der Waals surface area (Å²) in [7, 11) is -3.68. The van der Waals surface area contributed by atoms with E-state index >= 15 is 0 Å². The summed E-state index contributed by atoms with van der Waals surface area (Å²) in [6.45, 7) is 3.69. The van der Waals surface area contributed by atoms with Crippen LogP contribution in [0.15, 0.2) is 108 Å². The quantitative estimate of drug-likeness (QED) is 0.234. The number of carbonyl (C=O) groups is 2. The molecule has 50 heavy (non-hydrogen) atoms. The van der Waals surface area contributed by atoms with E-state index in [9.17, 15) is 18.0 Å². The highest BCUT2D eigenvalue weighted by molar-refractivity contribution is 8.15. The van der Waals surface area contributed by atoms with Gasteiger partial charge in [-0.3, -0.25) is 19.5 Å². The first kappa shape index (κ1) is 33.9. The fraction of sp³-hybridized carbons (Fsp3) is 0.297. The van der Waals surface area contributed by atoms with E-state index in [1.165, 1.54) is 16.1 Å². The molecule has 2 atom stereocenters. The van der Waals surface area contributed by atoms with Gasteiger partial charge in [-0.15, -0.1) is 0 Å². The van der Waals surface area contributed by atoms with Crippen molar-refractivity contribution in [2.24, 2.45) is 4.99 Å². The third-order valence-corrected chi connectivity index (χ3v) is 12.1. The average molecular weight is 711 g/mol. The van der Waals surface area contributed by atoms with Crippen LogP contribution >= 0.6 is 11.8 Å². The molecule has 3 aromatic carbocycles. The highest BCUT2D eigenvalue weighted by Gasteiger charge is 2.40. The molecule has 3 fully saturated rings. The minimum Gasteiger partial charge on any atom is -0.378 e. The summed E-state index contributed by atoms with van der Waals surface area (Å²) in [5.74, 6) is -0.623. The Morgan fingerprint density at radius 3 is 2.38 bits per heavy atom. The van der Waals surface area contributed by atoms with E-state index in [1.54, 1.807) is 47.5 Å². The van der Waals surface area contributed by atoms with Gasteiger partial charge in [-0.2, -0.15) is 4.31 Å². The molecular formula is C37H38N6O5S2. The van der Waals surface area contributed by atoms with Gasteiger partial charge in [0.1, 0.15) is 11.3 Å². The van der Waals surface area contributed by atoms with Crippen molar-refractivity contribution in [3.8, 4) is 0 Å². The van der Waals surface area contributed by atoms with Gasteiger partial charge in [0.05, 0.1) is 36.9 Å². The van der Waals surface area contributed by atoms with Gasteiger partial charge in [-0.05, 0) is 72.5 Å². The number of anilines is 2. The first-order chi connectivity index (χ1) is 24.3. The van der Waals surface area contributed by atoms with Gasteiger partial charge in [0.25, 0.3) is 0 Å². The molecule has 13 heteroatoms. The normalized spacial score (nSPS) is 20.8. The summed E-state index contributed by atoms with van der Waals surface area (Å²) in [6, 6.07) is 29.0. The van der Waals surface area contributed by atoms with E-state index in [2.05, 4.69) is 15.2 Å². The van der Waals surface area contributed by atoms with Crippen molar-refractivity contribution < 1.29 is 22.7 Å². The van der Waals surface area contributed by atoms with Gasteiger partial charge in [-0.1, -0.05) is 60.3 Å². The third-order valence-electron chi connectivity index (χ3n) is 8.98. The fourth-order valence-corrected chi connectivity index (χ4v) is 9.34. The summed E-state index contributed by atoms with van der Waals surface area (Å²) in [5.41, 5.74) is 4.58. The van der Waals surface area contributed by atoms with E-state index in [1.807, 2.05) is 60.7 Å². The molecule has 1 aromatic heterocycles. The monoisotopic (exact) mass is 710 g/mol. The van der Waals surface area contributed by atoms with Crippen molar-refractivity contribution in [3.05, 3.63) is 120 Å². The first-order valence-corrected chi connectivity index (χ1v) is 19.2. The van der Waals surface area contributed by atoms with Crippen LogP contribution in [0.1, 0.15) is 34.9 Å². The number of rotatable bonds is 10. The second-order valence-electron chi connectivity index (χ2n) is 12.4. The molecule has 0 radical (unpaired) electrons. The number of benzene rings is 3. The van der Waals surface area contributed by atoms with Crippen molar-refractivity contribution in [2.75, 3.05) is 43.1 Å². The lowest BCUT2D eigenvalue weighted by Gasteiger charge is -2.28. The number of morpholine rings is 1. The molecule has 4 aromatic rings. The van der Waals surface area contributed by atoms with Gasteiger partial charge < -0.3 is 15.0 Å². The van der Waals surface area contributed by atoms with Crippen LogP contribution in [0.5, 0.6) is 0 Å². The van der Waals surface area contributed by atoms with Crippen LogP contribution < -0.4 is 10.2 Å². The Morgan fingerprint density at radius 1 is 0.920 bits per heavy atom. The third kappa shape index (κ3) is 7.76. The van der Waals surface area contributed by atoms with E-state index in [4.69, 9.17) is 9.73 Å². The predicted molar refractivity (Wildman–Crippen MR) is 196 cm³/mol. The zero-order valence-corrected chi connectivity index (χ0v) is 29.1. The van der Waals surface area contributed by atoms with Gasteiger partial charge in [0.15, 0.2) is 5.17 Å². The van der Waals surface area contributed by atoms with Gasteiger partial charge in [-0.25, -0.2) is 13.4 Å². The fourth-order valence-electron chi connectivity index (χ4n) is 6.39. The minimum atomic E-state index is -3.68. The lowest BCUT2D eigenvalue weighted by atomic mass is 10.1. The average Bonchev–Trinajstić information content (AvgIpc) is 3.76. The number of amidine groups is 1. The predicted octanol–water partition coefficient (Wildman–Crippen LogP) is 5.36. The Bertz CT molecular complexity index is 1940. The molecule has 3 aliphatic rings. The number of aliphatic imine (C=N–C) groups is 1. The van der Waals surface area contributed by atoms with Crippen LogP contribution in [0.4, 0.5) is 17.1 Å². The minimum absolute atomic E-state index is 0.105. The number of hydrogen-bond acceptors (Lipinski definition) is 9. The molecule has 1 N–H and O–H groups in total. The van der Waals surface area contributed by atoms with Crippen LogP contribution in [0.25, 0.3) is 0 Å². The lowest BCUT2D eigenvalue weighted by Crippen LogP contribution is -2.43. The second kappa shape index (κ2) is 15.1. The SMILES string of the molecule is O=C(Nc1ccc(C2SC(=Nc3ccc(N4CCOCC4)cc3)N(Cc3ccccn3)C2=O)cc1)[C@H]1CCCN1S(=O)(=O)Cc1ccccc1. The zero-order valence-electron chi connectivity index (χ0n) is 27.4. The number of sulfonamides is 1. The number of pyridine rings is 1. The Morgan fingerprint density at radius 2 is 1.66 bits per heavy atom. The Labute approximate surface area is 296 Å². The molecule has 11 nitrogen and oxygen atoms in total. The van der Waals surface area contributed by atoms with Crippen LogP contribution in [-0.4, -0.2) is 78.5 Å². The van der Waals surface area contributed by atoms with Gasteiger partial charge >= 0.3 is 0 Å². The van der Waals surface area contributed by atoms with Crippen LogP contribution in [-0.2, 0) is 36.6 Å².